The Morgan fingerprint density at radius 3 is 1.90 bits per heavy atom. The van der Waals surface area contributed by atoms with Crippen LogP contribution >= 0.6 is 0 Å². The molecule has 2 N–H and O–H groups in total. The molecule has 0 aromatic rings. The molecular formula is C18H39N2O. The van der Waals surface area contributed by atoms with Gasteiger partial charge >= 0.3 is 0 Å². The average Bonchev–Trinajstić information content (AvgIpc) is 2.50. The first-order valence-electron chi connectivity index (χ1n) is 9.28. The van der Waals surface area contributed by atoms with Crippen molar-refractivity contribution in [1.29, 1.82) is 0 Å². The average molecular weight is 300 g/mol. The van der Waals surface area contributed by atoms with Gasteiger partial charge in [0.05, 0.1) is 6.61 Å². The molecule has 0 saturated carbocycles. The van der Waals surface area contributed by atoms with Crippen molar-refractivity contribution in [1.82, 2.24) is 11.2 Å². The smallest absolute Gasteiger partial charge is 0.0851 e. The molecular weight excluding hydrogens is 260 g/mol. The van der Waals surface area contributed by atoms with E-state index in [-0.39, 0.29) is 6.04 Å². The van der Waals surface area contributed by atoms with E-state index in [1.54, 1.807) is 0 Å². The molecule has 0 aromatic carbocycles. The molecule has 21 heavy (non-hydrogen) atoms. The van der Waals surface area contributed by atoms with Gasteiger partial charge < -0.3 is 4.84 Å². The van der Waals surface area contributed by atoms with Gasteiger partial charge in [0.1, 0.15) is 0 Å². The molecule has 0 aliphatic rings. The highest BCUT2D eigenvalue weighted by atomic mass is 16.6. The Morgan fingerprint density at radius 2 is 1.38 bits per heavy atom. The zero-order valence-electron chi connectivity index (χ0n) is 14.8. The summed E-state index contributed by atoms with van der Waals surface area (Å²) in [5.41, 5.74) is 10.9. The lowest BCUT2D eigenvalue weighted by molar-refractivity contribution is 0.0220. The second-order valence-corrected chi connectivity index (χ2v) is 6.38. The second-order valence-electron chi connectivity index (χ2n) is 6.38. The van der Waals surface area contributed by atoms with Gasteiger partial charge in [-0.3, -0.25) is 5.73 Å². The third kappa shape index (κ3) is 14.6. The van der Waals surface area contributed by atoms with Crippen molar-refractivity contribution in [3.63, 3.8) is 0 Å². The van der Waals surface area contributed by atoms with Gasteiger partial charge in [-0.2, -0.15) is 0 Å². The maximum Gasteiger partial charge on any atom is 0.0851 e. The van der Waals surface area contributed by atoms with Gasteiger partial charge in [0.25, 0.3) is 0 Å². The van der Waals surface area contributed by atoms with E-state index in [2.05, 4.69) is 26.3 Å². The number of rotatable bonds is 16. The third-order valence-corrected chi connectivity index (χ3v) is 4.33. The van der Waals surface area contributed by atoms with Crippen LogP contribution in [0.1, 0.15) is 91.4 Å². The lowest BCUT2D eigenvalue weighted by Gasteiger charge is -2.17. The number of hydrogen-bond donors (Lipinski definition) is 1. The van der Waals surface area contributed by atoms with Gasteiger partial charge in [0.15, 0.2) is 0 Å². The van der Waals surface area contributed by atoms with Crippen molar-refractivity contribution < 1.29 is 4.84 Å². The topological polar surface area (TPSA) is 45.1 Å². The van der Waals surface area contributed by atoms with Crippen LogP contribution in [0.5, 0.6) is 0 Å². The number of hydrogen-bond acceptors (Lipinski definition) is 2. The van der Waals surface area contributed by atoms with Crippen LogP contribution in [0, 0.1) is 5.92 Å². The van der Waals surface area contributed by atoms with E-state index in [1.807, 2.05) is 0 Å². The van der Waals surface area contributed by atoms with Gasteiger partial charge in [-0.05, 0) is 12.3 Å². The number of hydroxylamine groups is 1. The molecule has 1 radical (unpaired) electrons. The van der Waals surface area contributed by atoms with Gasteiger partial charge in [-0.1, -0.05) is 85.0 Å². The van der Waals surface area contributed by atoms with E-state index >= 15 is 0 Å². The van der Waals surface area contributed by atoms with Crippen molar-refractivity contribution in [3.8, 4) is 0 Å². The first-order valence-corrected chi connectivity index (χ1v) is 9.28. The molecule has 2 atom stereocenters. The standard InChI is InChI=1S/C18H39N2O/c1-4-6-7-8-9-10-11-12-13-14-15-20-21-16-18(19)17(3)5-2/h17-20H,4-16H2,1-3H3. The third-order valence-electron chi connectivity index (χ3n) is 4.33. The van der Waals surface area contributed by atoms with Crippen molar-refractivity contribution in [2.45, 2.75) is 97.4 Å². The largest absolute Gasteiger partial charge is 0.300 e. The van der Waals surface area contributed by atoms with Crippen LogP contribution in [0.25, 0.3) is 0 Å². The van der Waals surface area contributed by atoms with Gasteiger partial charge in [-0.15, -0.1) is 0 Å². The molecule has 0 saturated heterocycles. The summed E-state index contributed by atoms with van der Waals surface area (Å²) in [6.45, 7) is 7.94. The Hall–Kier alpha value is -0.120. The molecule has 3 heteroatoms. The minimum absolute atomic E-state index is 0.102. The molecule has 0 fully saturated rings. The van der Waals surface area contributed by atoms with Crippen LogP contribution in [0.2, 0.25) is 0 Å². The molecule has 0 bridgehead atoms. The Labute approximate surface area is 133 Å². The Kier molecular flexibility index (Phi) is 16.2. The van der Waals surface area contributed by atoms with Gasteiger partial charge in [0.2, 0.25) is 0 Å². The number of nitrogens with one attached hydrogen (secondary N) is 2. The number of unbranched alkanes of at least 4 members (excludes halogenated alkanes) is 9. The zero-order chi connectivity index (χ0) is 15.8. The van der Waals surface area contributed by atoms with Crippen LogP contribution in [0.3, 0.4) is 0 Å². The minimum atomic E-state index is -0.102. The summed E-state index contributed by atoms with van der Waals surface area (Å²) in [6.07, 6.45) is 14.7. The first-order chi connectivity index (χ1) is 10.2. The lowest BCUT2D eigenvalue weighted by atomic mass is 10.0. The summed E-state index contributed by atoms with van der Waals surface area (Å²) in [6, 6.07) is -0.102. The second kappa shape index (κ2) is 16.3. The minimum Gasteiger partial charge on any atom is -0.300 e. The van der Waals surface area contributed by atoms with Crippen LogP contribution in [-0.2, 0) is 4.84 Å². The molecule has 0 heterocycles. The molecule has 3 nitrogen and oxygen atoms in total. The maximum absolute atomic E-state index is 7.87. The van der Waals surface area contributed by atoms with E-state index in [1.165, 1.54) is 64.2 Å². The molecule has 0 aliphatic heterocycles. The molecule has 0 aromatic heterocycles. The van der Waals surface area contributed by atoms with Crippen molar-refractivity contribution in [2.75, 3.05) is 13.2 Å². The Morgan fingerprint density at radius 1 is 0.857 bits per heavy atom. The van der Waals surface area contributed by atoms with Crippen LogP contribution in [-0.4, -0.2) is 19.2 Å². The molecule has 0 aliphatic carbocycles. The Bertz CT molecular complexity index is 200. The fourth-order valence-electron chi connectivity index (χ4n) is 2.35. The first kappa shape index (κ1) is 20.9. The molecule has 127 valence electrons. The Balaban J connectivity index is 3.09. The summed E-state index contributed by atoms with van der Waals surface area (Å²) in [5, 5.41) is 0. The summed E-state index contributed by atoms with van der Waals surface area (Å²) >= 11 is 0. The monoisotopic (exact) mass is 299 g/mol. The van der Waals surface area contributed by atoms with Crippen LogP contribution in [0.15, 0.2) is 0 Å². The highest BCUT2D eigenvalue weighted by Gasteiger charge is 2.11. The molecule has 0 spiro atoms. The highest BCUT2D eigenvalue weighted by Crippen LogP contribution is 2.10. The van der Waals surface area contributed by atoms with Crippen LogP contribution in [0.4, 0.5) is 0 Å². The highest BCUT2D eigenvalue weighted by molar-refractivity contribution is 4.65. The van der Waals surface area contributed by atoms with Crippen LogP contribution < -0.4 is 11.2 Å². The quantitative estimate of drug-likeness (QED) is 0.317. The molecule has 0 amide bonds. The van der Waals surface area contributed by atoms with Crippen molar-refractivity contribution in [3.05, 3.63) is 0 Å². The molecule has 0 rings (SSSR count). The molecule has 2 unspecified atom stereocenters. The maximum atomic E-state index is 7.87. The van der Waals surface area contributed by atoms with E-state index < -0.39 is 0 Å². The van der Waals surface area contributed by atoms with Gasteiger partial charge in [-0.25, -0.2) is 5.48 Å². The zero-order valence-corrected chi connectivity index (χ0v) is 14.8. The predicted octanol–water partition coefficient (Wildman–Crippen LogP) is 5.13. The van der Waals surface area contributed by atoms with Gasteiger partial charge in [0, 0.05) is 12.6 Å². The normalized spacial score (nSPS) is 14.3. The van der Waals surface area contributed by atoms with Crippen molar-refractivity contribution in [2.24, 2.45) is 5.92 Å². The van der Waals surface area contributed by atoms with E-state index in [4.69, 9.17) is 10.6 Å². The summed E-state index contributed by atoms with van der Waals surface area (Å²) in [4.78, 5) is 5.36. The summed E-state index contributed by atoms with van der Waals surface area (Å²) in [7, 11) is 0. The van der Waals surface area contributed by atoms with Crippen molar-refractivity contribution >= 4 is 0 Å². The fraction of sp³-hybridized carbons (Fsp3) is 1.00. The fourth-order valence-corrected chi connectivity index (χ4v) is 2.35. The SMILES string of the molecule is CCCCCCCCCCCCNOCC([NH])C(C)CC. The summed E-state index contributed by atoms with van der Waals surface area (Å²) in [5.74, 6) is 0.420. The van der Waals surface area contributed by atoms with E-state index in [9.17, 15) is 0 Å². The predicted molar refractivity (Wildman–Crippen MR) is 92.1 cm³/mol. The van der Waals surface area contributed by atoms with E-state index in [0.29, 0.717) is 12.5 Å². The lowest BCUT2D eigenvalue weighted by Crippen LogP contribution is -2.29. The summed E-state index contributed by atoms with van der Waals surface area (Å²) < 4.78 is 0. The van der Waals surface area contributed by atoms with E-state index in [0.717, 1.165) is 13.0 Å².